The van der Waals surface area contributed by atoms with E-state index in [0.717, 1.165) is 22.5 Å². The molecule has 2 aromatic rings. The van der Waals surface area contributed by atoms with Crippen LogP contribution in [0.4, 0.5) is 0 Å². The number of nitrogens with one attached hydrogen (secondary N) is 1. The number of imidazole rings is 1. The molecule has 1 aliphatic rings. The third-order valence-corrected chi connectivity index (χ3v) is 5.54. The van der Waals surface area contributed by atoms with E-state index in [1.807, 2.05) is 18.3 Å². The Morgan fingerprint density at radius 3 is 2.61 bits per heavy atom. The quantitative estimate of drug-likeness (QED) is 0.835. The van der Waals surface area contributed by atoms with Crippen molar-refractivity contribution in [3.05, 3.63) is 23.1 Å². The van der Waals surface area contributed by atoms with Crippen molar-refractivity contribution in [1.82, 2.24) is 14.5 Å². The van der Waals surface area contributed by atoms with Gasteiger partial charge in [-0.1, -0.05) is 27.7 Å². The Kier molecular flexibility index (Phi) is 2.28. The molecule has 0 atom stereocenters. The third-order valence-electron chi connectivity index (χ3n) is 5.21. The molecule has 1 aliphatic carbocycles. The molecule has 0 saturated heterocycles. The first-order valence-electron chi connectivity index (χ1n) is 6.39. The van der Waals surface area contributed by atoms with E-state index in [2.05, 4.69) is 42.2 Å². The number of rotatable bonds is 2. The molecule has 0 bridgehead atoms. The van der Waals surface area contributed by atoms with Crippen LogP contribution in [0.2, 0.25) is 0 Å². The van der Waals surface area contributed by atoms with Gasteiger partial charge in [0.25, 0.3) is 0 Å². The molecule has 0 amide bonds. The first kappa shape index (κ1) is 11.9. The molecule has 0 radical (unpaired) electrons. The smallest absolute Gasteiger partial charge is 0.179 e. The lowest BCUT2D eigenvalue weighted by Crippen LogP contribution is -2.05. The Morgan fingerprint density at radius 1 is 1.33 bits per heavy atom. The number of nitrogens with zero attached hydrogens (tertiary/aromatic N) is 2. The van der Waals surface area contributed by atoms with Crippen molar-refractivity contribution >= 4 is 23.4 Å². The van der Waals surface area contributed by atoms with Gasteiger partial charge in [-0.3, -0.25) is 0 Å². The van der Waals surface area contributed by atoms with Crippen molar-refractivity contribution in [3.63, 3.8) is 0 Å². The maximum Gasteiger partial charge on any atom is 0.179 e. The number of pyridine rings is 1. The van der Waals surface area contributed by atoms with Crippen molar-refractivity contribution in [1.29, 1.82) is 0 Å². The van der Waals surface area contributed by atoms with Crippen molar-refractivity contribution in [2.75, 3.05) is 0 Å². The van der Waals surface area contributed by atoms with Crippen LogP contribution >= 0.6 is 12.2 Å². The average Bonchev–Trinajstić information content (AvgIpc) is 2.57. The topological polar surface area (TPSA) is 33.6 Å². The van der Waals surface area contributed by atoms with Crippen LogP contribution < -0.4 is 0 Å². The zero-order valence-corrected chi connectivity index (χ0v) is 12.1. The summed E-state index contributed by atoms with van der Waals surface area (Å²) in [7, 11) is 0. The standard InChI is InChI=1S/C14H19N3S/c1-13(2)10(14(13,3)4)8-17-11-9(16-12(17)18)6-5-7-15-11/h5-7,10H,8H2,1-4H3,(H,16,18). The van der Waals surface area contributed by atoms with Crippen molar-refractivity contribution in [2.24, 2.45) is 16.7 Å². The second kappa shape index (κ2) is 3.44. The molecule has 0 spiro atoms. The summed E-state index contributed by atoms with van der Waals surface area (Å²) in [5.74, 6) is 0.651. The van der Waals surface area contributed by atoms with E-state index in [-0.39, 0.29) is 0 Å². The predicted molar refractivity (Wildman–Crippen MR) is 76.0 cm³/mol. The zero-order valence-electron chi connectivity index (χ0n) is 11.3. The zero-order chi connectivity index (χ0) is 13.1. The van der Waals surface area contributed by atoms with Gasteiger partial charge in [-0.05, 0) is 41.1 Å². The molecule has 1 N–H and O–H groups in total. The summed E-state index contributed by atoms with van der Waals surface area (Å²) in [4.78, 5) is 7.67. The molecule has 4 heteroatoms. The van der Waals surface area contributed by atoms with Crippen LogP contribution in [0.1, 0.15) is 27.7 Å². The highest BCUT2D eigenvalue weighted by Gasteiger charge is 2.64. The molecule has 96 valence electrons. The fourth-order valence-corrected chi connectivity index (χ4v) is 3.40. The Morgan fingerprint density at radius 2 is 2.00 bits per heavy atom. The lowest BCUT2D eigenvalue weighted by molar-refractivity contribution is 0.457. The van der Waals surface area contributed by atoms with Crippen LogP contribution in [-0.2, 0) is 6.54 Å². The van der Waals surface area contributed by atoms with E-state index in [1.165, 1.54) is 0 Å². The highest BCUT2D eigenvalue weighted by atomic mass is 32.1. The molecule has 2 aromatic heterocycles. The van der Waals surface area contributed by atoms with Crippen molar-refractivity contribution in [3.8, 4) is 0 Å². The number of fused-ring (bicyclic) bond motifs is 1. The normalized spacial score (nSPS) is 21.3. The summed E-state index contributed by atoms with van der Waals surface area (Å²) < 4.78 is 2.92. The fraction of sp³-hybridized carbons (Fsp3) is 0.571. The minimum Gasteiger partial charge on any atom is -0.329 e. The van der Waals surface area contributed by atoms with Gasteiger partial charge in [0.05, 0.1) is 5.52 Å². The Balaban J connectivity index is 2.02. The second-order valence-corrected chi connectivity index (χ2v) is 6.80. The third kappa shape index (κ3) is 1.41. The van der Waals surface area contributed by atoms with Crippen LogP contribution in [0.15, 0.2) is 18.3 Å². The van der Waals surface area contributed by atoms with Crippen LogP contribution in [0.25, 0.3) is 11.2 Å². The molecular formula is C14H19N3S. The molecule has 0 aromatic carbocycles. The van der Waals surface area contributed by atoms with E-state index in [1.54, 1.807) is 0 Å². The molecular weight excluding hydrogens is 242 g/mol. The Labute approximate surface area is 112 Å². The van der Waals surface area contributed by atoms with E-state index < -0.39 is 0 Å². The predicted octanol–water partition coefficient (Wildman–Crippen LogP) is 3.78. The fourth-order valence-electron chi connectivity index (χ4n) is 3.13. The van der Waals surface area contributed by atoms with Gasteiger partial charge in [0.1, 0.15) is 0 Å². The van der Waals surface area contributed by atoms with Gasteiger partial charge >= 0.3 is 0 Å². The molecule has 0 aliphatic heterocycles. The monoisotopic (exact) mass is 261 g/mol. The van der Waals surface area contributed by atoms with Crippen LogP contribution in [0.5, 0.6) is 0 Å². The largest absolute Gasteiger partial charge is 0.329 e. The van der Waals surface area contributed by atoms with Gasteiger partial charge in [0.2, 0.25) is 0 Å². The minimum atomic E-state index is 0.375. The molecule has 18 heavy (non-hydrogen) atoms. The van der Waals surface area contributed by atoms with Gasteiger partial charge in [-0.2, -0.15) is 0 Å². The number of H-pyrrole nitrogens is 1. The van der Waals surface area contributed by atoms with E-state index in [0.29, 0.717) is 16.7 Å². The molecule has 1 fully saturated rings. The highest BCUT2D eigenvalue weighted by molar-refractivity contribution is 7.71. The number of aromatic amines is 1. The summed E-state index contributed by atoms with van der Waals surface area (Å²) in [6.07, 6.45) is 1.82. The minimum absolute atomic E-state index is 0.375. The molecule has 3 nitrogen and oxygen atoms in total. The van der Waals surface area contributed by atoms with Crippen molar-refractivity contribution < 1.29 is 0 Å². The van der Waals surface area contributed by atoms with Gasteiger partial charge in [0.15, 0.2) is 10.4 Å². The first-order chi connectivity index (χ1) is 8.35. The van der Waals surface area contributed by atoms with Gasteiger partial charge < -0.3 is 9.55 Å². The molecule has 3 rings (SSSR count). The molecule has 2 heterocycles. The lowest BCUT2D eigenvalue weighted by atomic mass is 10.0. The van der Waals surface area contributed by atoms with Gasteiger partial charge in [-0.15, -0.1) is 0 Å². The number of hydrogen-bond acceptors (Lipinski definition) is 2. The Hall–Kier alpha value is -1.16. The summed E-state index contributed by atoms with van der Waals surface area (Å²) in [5, 5.41) is 0. The second-order valence-electron chi connectivity index (χ2n) is 6.41. The highest BCUT2D eigenvalue weighted by Crippen LogP contribution is 2.68. The van der Waals surface area contributed by atoms with E-state index in [4.69, 9.17) is 12.2 Å². The van der Waals surface area contributed by atoms with Crippen molar-refractivity contribution in [2.45, 2.75) is 34.2 Å². The molecule has 1 saturated carbocycles. The maximum atomic E-state index is 5.42. The summed E-state index contributed by atoms with van der Waals surface area (Å²) in [6, 6.07) is 3.96. The van der Waals surface area contributed by atoms with Gasteiger partial charge in [0, 0.05) is 12.7 Å². The SMILES string of the molecule is CC1(C)C(Cn2c(=S)[nH]c3cccnc32)C1(C)C. The van der Waals surface area contributed by atoms with Crippen LogP contribution in [-0.4, -0.2) is 14.5 Å². The van der Waals surface area contributed by atoms with E-state index >= 15 is 0 Å². The van der Waals surface area contributed by atoms with E-state index in [9.17, 15) is 0 Å². The van der Waals surface area contributed by atoms with Gasteiger partial charge in [-0.25, -0.2) is 4.98 Å². The van der Waals surface area contributed by atoms with Crippen LogP contribution in [0, 0.1) is 21.5 Å². The lowest BCUT2D eigenvalue weighted by Gasteiger charge is -2.05. The first-order valence-corrected chi connectivity index (χ1v) is 6.80. The van der Waals surface area contributed by atoms with Crippen LogP contribution in [0.3, 0.4) is 0 Å². The number of aromatic nitrogens is 3. The summed E-state index contributed by atoms with van der Waals surface area (Å²) >= 11 is 5.42. The number of hydrogen-bond donors (Lipinski definition) is 1. The molecule has 0 unspecified atom stereocenters. The Bertz CT molecular complexity index is 649. The summed E-state index contributed by atoms with van der Waals surface area (Å²) in [6.45, 7) is 10.3. The summed E-state index contributed by atoms with van der Waals surface area (Å²) in [5.41, 5.74) is 2.75. The maximum absolute atomic E-state index is 5.42. The average molecular weight is 261 g/mol.